The number of fused-ring (bicyclic) bond motifs is 1. The molecule has 0 saturated heterocycles. The maximum absolute atomic E-state index is 12.2. The standard InChI is InChI=1S/C12H6BrCl2N3O/c13-7-1-4-11-16-12(18(19)17(11)6-7)9-3-2-8(14)5-10(9)15/h1-6H. The van der Waals surface area contributed by atoms with E-state index in [4.69, 9.17) is 23.2 Å². The zero-order chi connectivity index (χ0) is 13.6. The van der Waals surface area contributed by atoms with Gasteiger partial charge in [-0.25, -0.2) is 0 Å². The average Bonchev–Trinajstić information content (AvgIpc) is 2.67. The van der Waals surface area contributed by atoms with Crippen LogP contribution in [0.3, 0.4) is 0 Å². The molecule has 0 aliphatic rings. The number of nitrogens with zero attached hydrogens (tertiary/aromatic N) is 3. The molecule has 0 amide bonds. The Balaban J connectivity index is 2.28. The van der Waals surface area contributed by atoms with Crippen molar-refractivity contribution < 1.29 is 4.85 Å². The lowest BCUT2D eigenvalue weighted by Gasteiger charge is -2.03. The van der Waals surface area contributed by atoms with Gasteiger partial charge in [0, 0.05) is 15.6 Å². The minimum absolute atomic E-state index is 0.236. The van der Waals surface area contributed by atoms with Gasteiger partial charge in [0.2, 0.25) is 0 Å². The molecule has 4 nitrogen and oxygen atoms in total. The summed E-state index contributed by atoms with van der Waals surface area (Å²) in [5, 5.41) is 13.1. The van der Waals surface area contributed by atoms with Crippen molar-refractivity contribution in [1.82, 2.24) is 9.50 Å². The van der Waals surface area contributed by atoms with Gasteiger partial charge in [0.05, 0.1) is 16.8 Å². The minimum atomic E-state index is 0.236. The molecule has 0 saturated carbocycles. The number of pyridine rings is 1. The van der Waals surface area contributed by atoms with Crippen molar-refractivity contribution in [2.75, 3.05) is 0 Å². The number of rotatable bonds is 1. The first kappa shape index (κ1) is 12.7. The summed E-state index contributed by atoms with van der Waals surface area (Å²) in [7, 11) is 0. The predicted molar refractivity (Wildman–Crippen MR) is 77.3 cm³/mol. The van der Waals surface area contributed by atoms with Gasteiger partial charge in [-0.3, -0.25) is 0 Å². The molecule has 0 fully saturated rings. The second kappa shape index (κ2) is 4.67. The fourth-order valence-electron chi connectivity index (χ4n) is 1.78. The van der Waals surface area contributed by atoms with Crippen molar-refractivity contribution in [2.45, 2.75) is 0 Å². The highest BCUT2D eigenvalue weighted by Gasteiger charge is 2.21. The van der Waals surface area contributed by atoms with Crippen molar-refractivity contribution >= 4 is 44.8 Å². The first-order valence-electron chi connectivity index (χ1n) is 5.29. The van der Waals surface area contributed by atoms with Crippen LogP contribution in [0.2, 0.25) is 10.0 Å². The van der Waals surface area contributed by atoms with Crippen molar-refractivity contribution in [1.29, 1.82) is 0 Å². The van der Waals surface area contributed by atoms with Crippen LogP contribution >= 0.6 is 39.1 Å². The van der Waals surface area contributed by atoms with E-state index in [-0.39, 0.29) is 5.82 Å². The van der Waals surface area contributed by atoms with Crippen LogP contribution in [0, 0.1) is 5.21 Å². The summed E-state index contributed by atoms with van der Waals surface area (Å²) in [5.41, 5.74) is 1.08. The van der Waals surface area contributed by atoms with Gasteiger partial charge in [-0.05, 0) is 45.2 Å². The first-order valence-corrected chi connectivity index (χ1v) is 6.84. The van der Waals surface area contributed by atoms with Gasteiger partial charge in [0.1, 0.15) is 0 Å². The van der Waals surface area contributed by atoms with Gasteiger partial charge in [-0.1, -0.05) is 23.2 Å². The summed E-state index contributed by atoms with van der Waals surface area (Å²) >= 11 is 15.3. The van der Waals surface area contributed by atoms with E-state index in [2.05, 4.69) is 20.9 Å². The molecule has 3 rings (SSSR count). The van der Waals surface area contributed by atoms with Crippen LogP contribution in [0.4, 0.5) is 0 Å². The molecule has 0 spiro atoms. The van der Waals surface area contributed by atoms with E-state index in [1.165, 1.54) is 4.52 Å². The Hall–Kier alpha value is -1.30. The Kier molecular flexibility index (Phi) is 3.12. The molecule has 0 N–H and O–H groups in total. The molecule has 3 aromatic rings. The lowest BCUT2D eigenvalue weighted by molar-refractivity contribution is -0.667. The zero-order valence-electron chi connectivity index (χ0n) is 9.35. The van der Waals surface area contributed by atoms with E-state index in [0.29, 0.717) is 26.1 Å². The predicted octanol–water partition coefficient (Wildman–Crippen LogP) is 3.70. The monoisotopic (exact) mass is 357 g/mol. The van der Waals surface area contributed by atoms with Crippen LogP contribution in [-0.2, 0) is 0 Å². The zero-order valence-corrected chi connectivity index (χ0v) is 12.4. The maximum Gasteiger partial charge on any atom is 0.357 e. The number of benzene rings is 1. The molecule has 19 heavy (non-hydrogen) atoms. The Morgan fingerprint density at radius 3 is 2.74 bits per heavy atom. The second-order valence-corrected chi connectivity index (χ2v) is 5.64. The number of hydrogen-bond donors (Lipinski definition) is 0. The third-order valence-electron chi connectivity index (χ3n) is 2.64. The Bertz CT molecular complexity index is 788. The molecule has 0 aliphatic carbocycles. The van der Waals surface area contributed by atoms with E-state index < -0.39 is 0 Å². The number of halogens is 3. The van der Waals surface area contributed by atoms with Crippen molar-refractivity contribution in [3.63, 3.8) is 0 Å². The highest BCUT2D eigenvalue weighted by atomic mass is 79.9. The Morgan fingerprint density at radius 1 is 1.21 bits per heavy atom. The second-order valence-electron chi connectivity index (χ2n) is 3.88. The summed E-state index contributed by atoms with van der Waals surface area (Å²) in [4.78, 5) is 4.97. The number of hydrogen-bond acceptors (Lipinski definition) is 2. The molecule has 0 radical (unpaired) electrons. The molecule has 7 heteroatoms. The van der Waals surface area contributed by atoms with E-state index in [1.54, 1.807) is 30.5 Å². The summed E-state index contributed by atoms with van der Waals surface area (Å²) in [6, 6.07) is 8.48. The smallest absolute Gasteiger partial charge is 0.357 e. The summed E-state index contributed by atoms with van der Waals surface area (Å²) in [5.74, 6) is 0.236. The highest BCUT2D eigenvalue weighted by molar-refractivity contribution is 9.10. The molecule has 0 unspecified atom stereocenters. The lowest BCUT2D eigenvalue weighted by Crippen LogP contribution is -2.34. The van der Waals surface area contributed by atoms with Gasteiger partial charge >= 0.3 is 5.82 Å². The quantitative estimate of drug-likeness (QED) is 0.491. The maximum atomic E-state index is 12.2. The van der Waals surface area contributed by atoms with Crippen LogP contribution in [0.5, 0.6) is 0 Å². The van der Waals surface area contributed by atoms with Gasteiger partial charge in [0.25, 0.3) is 5.65 Å². The van der Waals surface area contributed by atoms with E-state index >= 15 is 0 Å². The van der Waals surface area contributed by atoms with Crippen LogP contribution in [0.25, 0.3) is 17.0 Å². The molecule has 2 aromatic heterocycles. The van der Waals surface area contributed by atoms with E-state index in [0.717, 1.165) is 4.47 Å². The van der Waals surface area contributed by atoms with E-state index in [9.17, 15) is 5.21 Å². The van der Waals surface area contributed by atoms with Crippen LogP contribution < -0.4 is 4.85 Å². The molecule has 0 bridgehead atoms. The summed E-state index contributed by atoms with van der Waals surface area (Å²) < 4.78 is 2.18. The largest absolute Gasteiger partial charge is 0.692 e. The van der Waals surface area contributed by atoms with Crippen molar-refractivity contribution in [2.24, 2.45) is 0 Å². The minimum Gasteiger partial charge on any atom is -0.692 e. The normalized spacial score (nSPS) is 11.1. The van der Waals surface area contributed by atoms with Crippen molar-refractivity contribution in [3.05, 3.63) is 56.3 Å². The molecule has 0 atom stereocenters. The van der Waals surface area contributed by atoms with Crippen LogP contribution in [-0.4, -0.2) is 9.50 Å². The fourth-order valence-corrected chi connectivity index (χ4v) is 2.60. The topological polar surface area (TPSA) is 44.2 Å². The third kappa shape index (κ3) is 2.18. The molecule has 96 valence electrons. The third-order valence-corrected chi connectivity index (χ3v) is 3.66. The molecule has 2 heterocycles. The Labute approximate surface area is 126 Å². The summed E-state index contributed by atoms with van der Waals surface area (Å²) in [6.45, 7) is 0. The molecular weight excluding hydrogens is 353 g/mol. The first-order chi connectivity index (χ1) is 9.06. The van der Waals surface area contributed by atoms with Gasteiger partial charge in [0.15, 0.2) is 0 Å². The molecule has 1 aromatic carbocycles. The average molecular weight is 359 g/mol. The number of aromatic nitrogens is 3. The van der Waals surface area contributed by atoms with Gasteiger partial charge in [-0.15, -0.1) is 9.36 Å². The fraction of sp³-hybridized carbons (Fsp3) is 0. The van der Waals surface area contributed by atoms with Gasteiger partial charge < -0.3 is 5.21 Å². The van der Waals surface area contributed by atoms with Crippen LogP contribution in [0.15, 0.2) is 41.0 Å². The molecule has 0 aliphatic heterocycles. The highest BCUT2D eigenvalue weighted by Crippen LogP contribution is 2.28. The SMILES string of the molecule is [O-][n+]1c(-c2ccc(Cl)cc2Cl)nc2ccc(Br)cn21. The summed E-state index contributed by atoms with van der Waals surface area (Å²) in [6.07, 6.45) is 1.64. The molecular formula is C12H6BrCl2N3O. The van der Waals surface area contributed by atoms with Crippen molar-refractivity contribution in [3.8, 4) is 11.4 Å². The lowest BCUT2D eigenvalue weighted by atomic mass is 10.2. The van der Waals surface area contributed by atoms with Crippen LogP contribution in [0.1, 0.15) is 0 Å². The van der Waals surface area contributed by atoms with E-state index in [1.807, 2.05) is 6.07 Å². The van der Waals surface area contributed by atoms with Gasteiger partial charge in [-0.2, -0.15) is 0 Å². The Morgan fingerprint density at radius 2 is 2.00 bits per heavy atom.